The van der Waals surface area contributed by atoms with Crippen molar-refractivity contribution in [3.8, 4) is 0 Å². The second-order valence-electron chi connectivity index (χ2n) is 5.74. The molecular weight excluding hydrogens is 294 g/mol. The summed E-state index contributed by atoms with van der Waals surface area (Å²) in [5.74, 6) is -0.0327. The van der Waals surface area contributed by atoms with E-state index in [9.17, 15) is 13.2 Å². The zero-order valence-electron chi connectivity index (χ0n) is 12.4. The van der Waals surface area contributed by atoms with Crippen molar-refractivity contribution < 1.29 is 13.2 Å². The molecule has 1 aromatic rings. The van der Waals surface area contributed by atoms with Gasteiger partial charge in [0.15, 0.2) is 9.84 Å². The Kier molecular flexibility index (Phi) is 5.27. The van der Waals surface area contributed by atoms with E-state index in [2.05, 4.69) is 5.32 Å². The third-order valence-corrected chi connectivity index (χ3v) is 4.67. The molecule has 6 heteroatoms. The number of thioether (sulfide) groups is 1. The minimum atomic E-state index is -3.18. The standard InChI is InChI=1S/C14H21NO3S2/c1-10(13(16)15-14(2,3)4)19-11-6-8-12(9-7-11)20(5,17)18/h6-10H,1-5H3,(H,15,16). The molecule has 0 fully saturated rings. The van der Waals surface area contributed by atoms with Crippen LogP contribution in [0.3, 0.4) is 0 Å². The first-order valence-electron chi connectivity index (χ1n) is 6.28. The number of hydrogen-bond donors (Lipinski definition) is 1. The predicted molar refractivity (Wildman–Crippen MR) is 82.8 cm³/mol. The van der Waals surface area contributed by atoms with E-state index in [4.69, 9.17) is 0 Å². The number of benzene rings is 1. The van der Waals surface area contributed by atoms with Gasteiger partial charge in [0.05, 0.1) is 10.1 Å². The van der Waals surface area contributed by atoms with Crippen LogP contribution in [0.4, 0.5) is 0 Å². The number of nitrogens with one attached hydrogen (secondary N) is 1. The van der Waals surface area contributed by atoms with Crippen LogP contribution in [0.5, 0.6) is 0 Å². The summed E-state index contributed by atoms with van der Waals surface area (Å²) in [6.07, 6.45) is 1.18. The lowest BCUT2D eigenvalue weighted by Crippen LogP contribution is -2.44. The van der Waals surface area contributed by atoms with Gasteiger partial charge in [-0.25, -0.2) is 8.42 Å². The van der Waals surface area contributed by atoms with Gasteiger partial charge in [-0.15, -0.1) is 11.8 Å². The molecule has 4 nitrogen and oxygen atoms in total. The van der Waals surface area contributed by atoms with Crippen LogP contribution >= 0.6 is 11.8 Å². The van der Waals surface area contributed by atoms with Crippen LogP contribution in [0.1, 0.15) is 27.7 Å². The molecule has 0 aliphatic rings. The Morgan fingerprint density at radius 3 is 2.10 bits per heavy atom. The Morgan fingerprint density at radius 2 is 1.70 bits per heavy atom. The minimum absolute atomic E-state index is 0.0327. The second-order valence-corrected chi connectivity index (χ2v) is 9.17. The lowest BCUT2D eigenvalue weighted by Gasteiger charge is -2.23. The molecular formula is C14H21NO3S2. The smallest absolute Gasteiger partial charge is 0.233 e. The number of carbonyl (C=O) groups is 1. The summed E-state index contributed by atoms with van der Waals surface area (Å²) in [5.41, 5.74) is -0.258. The molecule has 1 N–H and O–H groups in total. The largest absolute Gasteiger partial charge is 0.351 e. The highest BCUT2D eigenvalue weighted by Gasteiger charge is 2.20. The summed E-state index contributed by atoms with van der Waals surface area (Å²) < 4.78 is 22.7. The van der Waals surface area contributed by atoms with Gasteiger partial charge >= 0.3 is 0 Å². The molecule has 1 rings (SSSR count). The van der Waals surface area contributed by atoms with Gasteiger partial charge in [-0.1, -0.05) is 0 Å². The SMILES string of the molecule is CC(Sc1ccc(S(C)(=O)=O)cc1)C(=O)NC(C)(C)C. The third kappa shape index (κ3) is 5.54. The quantitative estimate of drug-likeness (QED) is 0.867. The predicted octanol–water partition coefficient (Wildman–Crippen LogP) is 2.49. The van der Waals surface area contributed by atoms with Crippen molar-refractivity contribution in [2.75, 3.05) is 6.26 Å². The first-order valence-corrected chi connectivity index (χ1v) is 9.05. The average molecular weight is 315 g/mol. The topological polar surface area (TPSA) is 63.2 Å². The highest BCUT2D eigenvalue weighted by molar-refractivity contribution is 8.00. The maximum atomic E-state index is 12.0. The van der Waals surface area contributed by atoms with E-state index in [-0.39, 0.29) is 21.6 Å². The van der Waals surface area contributed by atoms with E-state index in [1.807, 2.05) is 27.7 Å². The third-order valence-electron chi connectivity index (χ3n) is 2.43. The average Bonchev–Trinajstić information content (AvgIpc) is 2.26. The van der Waals surface area contributed by atoms with E-state index in [0.717, 1.165) is 4.90 Å². The van der Waals surface area contributed by atoms with Crippen LogP contribution in [0, 0.1) is 0 Å². The molecule has 0 aliphatic heterocycles. The molecule has 1 amide bonds. The van der Waals surface area contributed by atoms with Gasteiger partial charge in [-0.3, -0.25) is 4.79 Å². The summed E-state index contributed by atoms with van der Waals surface area (Å²) in [4.78, 5) is 13.1. The molecule has 0 aromatic heterocycles. The van der Waals surface area contributed by atoms with Crippen LogP contribution < -0.4 is 5.32 Å². The zero-order chi connectivity index (χ0) is 15.6. The Hall–Kier alpha value is -1.01. The Balaban J connectivity index is 2.72. The monoisotopic (exact) mass is 315 g/mol. The molecule has 0 saturated carbocycles. The molecule has 0 heterocycles. The van der Waals surface area contributed by atoms with E-state index in [1.165, 1.54) is 18.0 Å². The normalized spacial score (nSPS) is 13.8. The second kappa shape index (κ2) is 6.18. The molecule has 20 heavy (non-hydrogen) atoms. The highest BCUT2D eigenvalue weighted by Crippen LogP contribution is 2.25. The number of amides is 1. The van der Waals surface area contributed by atoms with Crippen LogP contribution in [-0.2, 0) is 14.6 Å². The lowest BCUT2D eigenvalue weighted by atomic mass is 10.1. The number of sulfone groups is 1. The first kappa shape index (κ1) is 17.0. The minimum Gasteiger partial charge on any atom is -0.351 e. The van der Waals surface area contributed by atoms with Crippen LogP contribution in [0.15, 0.2) is 34.1 Å². The highest BCUT2D eigenvalue weighted by atomic mass is 32.2. The van der Waals surface area contributed by atoms with Crippen LogP contribution in [0.25, 0.3) is 0 Å². The van der Waals surface area contributed by atoms with Gasteiger partial charge in [-0.05, 0) is 52.0 Å². The van der Waals surface area contributed by atoms with Crippen molar-refractivity contribution >= 4 is 27.5 Å². The summed E-state index contributed by atoms with van der Waals surface area (Å²) in [7, 11) is -3.18. The van der Waals surface area contributed by atoms with E-state index in [1.54, 1.807) is 24.3 Å². The zero-order valence-corrected chi connectivity index (χ0v) is 14.1. The summed E-state index contributed by atoms with van der Waals surface area (Å²) >= 11 is 1.40. The molecule has 112 valence electrons. The molecule has 0 radical (unpaired) electrons. The van der Waals surface area contributed by atoms with Gasteiger partial charge in [-0.2, -0.15) is 0 Å². The number of hydrogen-bond acceptors (Lipinski definition) is 4. The fraction of sp³-hybridized carbons (Fsp3) is 0.500. The molecule has 1 aromatic carbocycles. The Labute approximate surface area is 125 Å². The van der Waals surface area contributed by atoms with E-state index < -0.39 is 9.84 Å². The Morgan fingerprint density at radius 1 is 1.20 bits per heavy atom. The fourth-order valence-electron chi connectivity index (χ4n) is 1.49. The summed E-state index contributed by atoms with van der Waals surface area (Å²) in [5, 5.41) is 2.68. The number of carbonyl (C=O) groups excluding carboxylic acids is 1. The van der Waals surface area contributed by atoms with Gasteiger partial charge in [0.2, 0.25) is 5.91 Å². The molecule has 0 spiro atoms. The molecule has 0 aliphatic carbocycles. The van der Waals surface area contributed by atoms with Crippen molar-refractivity contribution in [2.24, 2.45) is 0 Å². The van der Waals surface area contributed by atoms with Crippen molar-refractivity contribution in [1.29, 1.82) is 0 Å². The van der Waals surface area contributed by atoms with Gasteiger partial charge in [0, 0.05) is 16.7 Å². The van der Waals surface area contributed by atoms with E-state index in [0.29, 0.717) is 0 Å². The molecule has 0 saturated heterocycles. The van der Waals surface area contributed by atoms with Crippen molar-refractivity contribution in [2.45, 2.75) is 48.3 Å². The fourth-order valence-corrected chi connectivity index (χ4v) is 2.99. The summed E-state index contributed by atoms with van der Waals surface area (Å²) in [6, 6.07) is 6.57. The van der Waals surface area contributed by atoms with Crippen molar-refractivity contribution in [3.05, 3.63) is 24.3 Å². The van der Waals surface area contributed by atoms with Gasteiger partial charge < -0.3 is 5.32 Å². The van der Waals surface area contributed by atoms with Crippen LogP contribution in [0.2, 0.25) is 0 Å². The molecule has 0 bridgehead atoms. The first-order chi connectivity index (χ1) is 8.99. The maximum Gasteiger partial charge on any atom is 0.233 e. The van der Waals surface area contributed by atoms with Gasteiger partial charge in [0.25, 0.3) is 0 Å². The molecule has 1 unspecified atom stereocenters. The maximum absolute atomic E-state index is 12.0. The van der Waals surface area contributed by atoms with Crippen molar-refractivity contribution in [3.63, 3.8) is 0 Å². The van der Waals surface area contributed by atoms with Crippen molar-refractivity contribution in [1.82, 2.24) is 5.32 Å². The molecule has 1 atom stereocenters. The van der Waals surface area contributed by atoms with Gasteiger partial charge in [0.1, 0.15) is 0 Å². The Bertz CT molecular complexity index is 571. The van der Waals surface area contributed by atoms with Crippen LogP contribution in [-0.4, -0.2) is 31.4 Å². The summed E-state index contributed by atoms with van der Waals surface area (Å²) in [6.45, 7) is 7.63. The number of rotatable bonds is 4. The lowest BCUT2D eigenvalue weighted by molar-refractivity contribution is -0.121. The van der Waals surface area contributed by atoms with E-state index >= 15 is 0 Å².